The Bertz CT molecular complexity index is 1110. The van der Waals surface area contributed by atoms with Gasteiger partial charge in [0.2, 0.25) is 5.91 Å². The molecule has 0 radical (unpaired) electrons. The van der Waals surface area contributed by atoms with E-state index in [1.54, 1.807) is 31.2 Å². The summed E-state index contributed by atoms with van der Waals surface area (Å²) in [5.41, 5.74) is 1.91. The highest BCUT2D eigenvalue weighted by Gasteiger charge is 2.13. The maximum atomic E-state index is 12.8. The molecule has 3 amide bonds. The van der Waals surface area contributed by atoms with Crippen molar-refractivity contribution < 1.29 is 14.0 Å². The van der Waals surface area contributed by atoms with E-state index in [1.165, 1.54) is 10.6 Å². The zero-order valence-corrected chi connectivity index (χ0v) is 17.1. The lowest BCUT2D eigenvalue weighted by Crippen LogP contribution is -2.35. The summed E-state index contributed by atoms with van der Waals surface area (Å²) in [6.45, 7) is 5.56. The molecule has 3 rings (SSSR count). The van der Waals surface area contributed by atoms with Gasteiger partial charge in [-0.05, 0) is 57.2 Å². The van der Waals surface area contributed by atoms with Crippen molar-refractivity contribution in [1.82, 2.24) is 9.88 Å². The highest BCUT2D eigenvalue weighted by atomic mass is 16.3. The molecule has 2 heterocycles. The van der Waals surface area contributed by atoms with Crippen LogP contribution in [0.1, 0.15) is 22.8 Å². The molecule has 30 heavy (non-hydrogen) atoms. The topological polar surface area (TPSA) is 105 Å². The minimum atomic E-state index is -0.538. The predicted octanol–water partition coefficient (Wildman–Crippen LogP) is 3.33. The Morgan fingerprint density at radius 1 is 0.933 bits per heavy atom. The minimum Gasteiger partial charge on any atom is -0.465 e. The van der Waals surface area contributed by atoms with Gasteiger partial charge in [0.1, 0.15) is 23.8 Å². The summed E-state index contributed by atoms with van der Waals surface area (Å²) in [6.07, 6.45) is 0. The SMILES string of the molecule is Cc1ccc(NC(=O)Nc2ccc(C)n(CC(=O)NCc3ccc(C)o3)c2=O)cc1. The number of carbonyl (C=O) groups excluding carboxylic acids is 2. The molecular formula is C22H24N4O4. The van der Waals surface area contributed by atoms with E-state index in [4.69, 9.17) is 4.42 Å². The average Bonchev–Trinajstić information content (AvgIpc) is 3.13. The van der Waals surface area contributed by atoms with Crippen LogP contribution in [0, 0.1) is 20.8 Å². The van der Waals surface area contributed by atoms with Gasteiger partial charge in [-0.15, -0.1) is 0 Å². The first-order valence-electron chi connectivity index (χ1n) is 9.49. The highest BCUT2D eigenvalue weighted by Crippen LogP contribution is 2.10. The average molecular weight is 408 g/mol. The number of furan rings is 1. The molecule has 0 atom stereocenters. The number of carbonyl (C=O) groups is 2. The summed E-state index contributed by atoms with van der Waals surface area (Å²) in [4.78, 5) is 37.3. The van der Waals surface area contributed by atoms with E-state index in [-0.39, 0.29) is 24.7 Å². The minimum absolute atomic E-state index is 0.0830. The summed E-state index contributed by atoms with van der Waals surface area (Å²) in [7, 11) is 0. The van der Waals surface area contributed by atoms with Crippen molar-refractivity contribution in [3.8, 4) is 0 Å². The number of aryl methyl sites for hydroxylation is 3. The van der Waals surface area contributed by atoms with E-state index >= 15 is 0 Å². The smallest absolute Gasteiger partial charge is 0.323 e. The van der Waals surface area contributed by atoms with E-state index in [9.17, 15) is 14.4 Å². The van der Waals surface area contributed by atoms with E-state index in [0.717, 1.165) is 11.3 Å². The molecule has 0 spiro atoms. The first-order chi connectivity index (χ1) is 14.3. The zero-order valence-electron chi connectivity index (χ0n) is 17.1. The Morgan fingerprint density at radius 3 is 2.33 bits per heavy atom. The van der Waals surface area contributed by atoms with Gasteiger partial charge in [-0.1, -0.05) is 17.7 Å². The van der Waals surface area contributed by atoms with E-state index < -0.39 is 11.6 Å². The molecule has 0 saturated heterocycles. The molecule has 156 valence electrons. The maximum absolute atomic E-state index is 12.8. The molecule has 0 saturated carbocycles. The summed E-state index contributed by atoms with van der Waals surface area (Å²) in [5, 5.41) is 7.94. The lowest BCUT2D eigenvalue weighted by atomic mass is 10.2. The van der Waals surface area contributed by atoms with E-state index in [1.807, 2.05) is 32.0 Å². The van der Waals surface area contributed by atoms with Crippen LogP contribution in [0.3, 0.4) is 0 Å². The first-order valence-corrected chi connectivity index (χ1v) is 9.49. The number of pyridine rings is 1. The van der Waals surface area contributed by atoms with Crippen molar-refractivity contribution in [3.05, 3.63) is 81.7 Å². The van der Waals surface area contributed by atoms with Crippen LogP contribution in [-0.2, 0) is 17.9 Å². The summed E-state index contributed by atoms with van der Waals surface area (Å²) >= 11 is 0. The fraction of sp³-hybridized carbons (Fsp3) is 0.227. The fourth-order valence-electron chi connectivity index (χ4n) is 2.85. The van der Waals surface area contributed by atoms with Gasteiger partial charge in [0, 0.05) is 11.4 Å². The van der Waals surface area contributed by atoms with Crippen molar-refractivity contribution in [3.63, 3.8) is 0 Å². The van der Waals surface area contributed by atoms with E-state index in [2.05, 4.69) is 16.0 Å². The Balaban J connectivity index is 1.65. The Kier molecular flexibility index (Phi) is 6.36. The molecule has 0 aliphatic heterocycles. The van der Waals surface area contributed by atoms with Crippen LogP contribution in [-0.4, -0.2) is 16.5 Å². The maximum Gasteiger partial charge on any atom is 0.323 e. The van der Waals surface area contributed by atoms with Gasteiger partial charge in [0.25, 0.3) is 5.56 Å². The first kappa shape index (κ1) is 20.9. The van der Waals surface area contributed by atoms with Crippen LogP contribution >= 0.6 is 0 Å². The Labute approximate surface area is 173 Å². The third-order valence-electron chi connectivity index (χ3n) is 4.51. The molecule has 1 aromatic carbocycles. The summed E-state index contributed by atoms with van der Waals surface area (Å²) in [5.74, 6) is 1.05. The Morgan fingerprint density at radius 2 is 1.67 bits per heavy atom. The van der Waals surface area contributed by atoms with Crippen molar-refractivity contribution in [1.29, 1.82) is 0 Å². The molecule has 2 aromatic heterocycles. The molecule has 3 N–H and O–H groups in total. The van der Waals surface area contributed by atoms with Gasteiger partial charge in [-0.3, -0.25) is 9.59 Å². The van der Waals surface area contributed by atoms with Crippen molar-refractivity contribution in [2.45, 2.75) is 33.9 Å². The summed E-state index contributed by atoms with van der Waals surface area (Å²) in [6, 6.07) is 13.5. The van der Waals surface area contributed by atoms with Gasteiger partial charge in [-0.2, -0.15) is 0 Å². The van der Waals surface area contributed by atoms with Gasteiger partial charge in [0.05, 0.1) is 6.54 Å². The highest BCUT2D eigenvalue weighted by molar-refractivity contribution is 5.99. The number of aromatic nitrogens is 1. The molecule has 0 aliphatic carbocycles. The van der Waals surface area contributed by atoms with Gasteiger partial charge in [-0.25, -0.2) is 4.79 Å². The molecule has 0 aliphatic rings. The number of nitrogens with zero attached hydrogens (tertiary/aromatic N) is 1. The predicted molar refractivity (Wildman–Crippen MR) is 115 cm³/mol. The number of anilines is 2. The van der Waals surface area contributed by atoms with Crippen molar-refractivity contribution in [2.24, 2.45) is 0 Å². The number of urea groups is 1. The molecule has 8 nitrogen and oxygen atoms in total. The quantitative estimate of drug-likeness (QED) is 0.582. The van der Waals surface area contributed by atoms with Crippen LogP contribution in [0.15, 0.2) is 57.7 Å². The molecule has 0 unspecified atom stereocenters. The van der Waals surface area contributed by atoms with Crippen LogP contribution < -0.4 is 21.5 Å². The normalized spacial score (nSPS) is 10.5. The largest absolute Gasteiger partial charge is 0.465 e. The second-order valence-corrected chi connectivity index (χ2v) is 7.01. The lowest BCUT2D eigenvalue weighted by Gasteiger charge is -2.13. The number of amides is 3. The fourth-order valence-corrected chi connectivity index (χ4v) is 2.85. The number of benzene rings is 1. The van der Waals surface area contributed by atoms with Crippen LogP contribution in [0.25, 0.3) is 0 Å². The van der Waals surface area contributed by atoms with E-state index in [0.29, 0.717) is 17.1 Å². The van der Waals surface area contributed by atoms with Crippen LogP contribution in [0.4, 0.5) is 16.2 Å². The lowest BCUT2D eigenvalue weighted by molar-refractivity contribution is -0.122. The second kappa shape index (κ2) is 9.13. The monoisotopic (exact) mass is 408 g/mol. The van der Waals surface area contributed by atoms with Gasteiger partial charge in [0.15, 0.2) is 0 Å². The van der Waals surface area contributed by atoms with Crippen molar-refractivity contribution >= 4 is 23.3 Å². The third-order valence-corrected chi connectivity index (χ3v) is 4.51. The van der Waals surface area contributed by atoms with Crippen LogP contribution in [0.2, 0.25) is 0 Å². The van der Waals surface area contributed by atoms with Gasteiger partial charge >= 0.3 is 6.03 Å². The number of rotatable bonds is 6. The number of hydrogen-bond donors (Lipinski definition) is 3. The van der Waals surface area contributed by atoms with Crippen LogP contribution in [0.5, 0.6) is 0 Å². The van der Waals surface area contributed by atoms with Crippen molar-refractivity contribution in [2.75, 3.05) is 10.6 Å². The molecule has 0 bridgehead atoms. The molecular weight excluding hydrogens is 384 g/mol. The van der Waals surface area contributed by atoms with Gasteiger partial charge < -0.3 is 24.9 Å². The molecule has 3 aromatic rings. The zero-order chi connectivity index (χ0) is 21.7. The molecule has 0 fully saturated rings. The number of hydrogen-bond acceptors (Lipinski definition) is 4. The summed E-state index contributed by atoms with van der Waals surface area (Å²) < 4.78 is 6.72. The Hall–Kier alpha value is -3.81. The standard InChI is InChI=1S/C22H24N4O4/c1-14-4-8-17(9-5-14)24-22(29)25-19-11-6-15(2)26(21(19)28)13-20(27)23-12-18-10-7-16(3)30-18/h4-11H,12-13H2,1-3H3,(H,23,27)(H2,24,25,29). The number of nitrogens with one attached hydrogen (secondary N) is 3. The second-order valence-electron chi connectivity index (χ2n) is 7.01. The molecule has 8 heteroatoms. The third kappa shape index (κ3) is 5.38.